The van der Waals surface area contributed by atoms with E-state index in [1.807, 2.05) is 29.4 Å². The van der Waals surface area contributed by atoms with E-state index in [4.69, 9.17) is 12.2 Å². The molecule has 1 unspecified atom stereocenters. The van der Waals surface area contributed by atoms with Crippen molar-refractivity contribution in [2.24, 2.45) is 13.0 Å². The summed E-state index contributed by atoms with van der Waals surface area (Å²) in [5.74, 6) is 1.57. The summed E-state index contributed by atoms with van der Waals surface area (Å²) < 4.78 is 28.8. The first kappa shape index (κ1) is 19.2. The van der Waals surface area contributed by atoms with Gasteiger partial charge in [-0.15, -0.1) is 11.3 Å². The van der Waals surface area contributed by atoms with Gasteiger partial charge in [0.2, 0.25) is 0 Å². The molecule has 1 saturated heterocycles. The average molecular weight is 465 g/mol. The van der Waals surface area contributed by atoms with Crippen LogP contribution in [0.25, 0.3) is 0 Å². The van der Waals surface area contributed by atoms with Crippen LogP contribution < -0.4 is 0 Å². The molecular weight excluding hydrogens is 444 g/mol. The molecule has 0 spiro atoms. The van der Waals surface area contributed by atoms with Gasteiger partial charge in [0.25, 0.3) is 0 Å². The Bertz CT molecular complexity index is 916. The molecule has 0 aromatic carbocycles. The normalized spacial score (nSPS) is 19.8. The predicted octanol–water partition coefficient (Wildman–Crippen LogP) is 2.84. The molecule has 3 heterocycles. The number of nitrogens with zero attached hydrogens (tertiary/aromatic N) is 4. The molecule has 0 amide bonds. The molecule has 25 heavy (non-hydrogen) atoms. The van der Waals surface area contributed by atoms with Gasteiger partial charge in [0.15, 0.2) is 14.6 Å². The lowest BCUT2D eigenvalue weighted by molar-refractivity contribution is 0.245. The zero-order valence-corrected chi connectivity index (χ0v) is 18.2. The van der Waals surface area contributed by atoms with Gasteiger partial charge in [-0.3, -0.25) is 4.90 Å². The van der Waals surface area contributed by atoms with E-state index in [-0.39, 0.29) is 11.7 Å². The second kappa shape index (κ2) is 7.59. The van der Waals surface area contributed by atoms with Crippen LogP contribution >= 0.6 is 39.5 Å². The Hall–Kier alpha value is -0.550. The van der Waals surface area contributed by atoms with Crippen LogP contribution in [0.5, 0.6) is 0 Å². The van der Waals surface area contributed by atoms with Crippen LogP contribution in [0.15, 0.2) is 15.9 Å². The van der Waals surface area contributed by atoms with Crippen molar-refractivity contribution in [3.05, 3.63) is 31.4 Å². The van der Waals surface area contributed by atoms with Crippen LogP contribution in [-0.2, 0) is 36.5 Å². The first-order valence-electron chi connectivity index (χ1n) is 7.99. The second-order valence-electron chi connectivity index (χ2n) is 6.59. The van der Waals surface area contributed by atoms with E-state index in [1.165, 1.54) is 4.88 Å². The predicted molar refractivity (Wildman–Crippen MR) is 106 cm³/mol. The highest BCUT2D eigenvalue weighted by atomic mass is 79.9. The van der Waals surface area contributed by atoms with Crippen molar-refractivity contribution >= 4 is 49.3 Å². The minimum absolute atomic E-state index is 0.148. The summed E-state index contributed by atoms with van der Waals surface area (Å²) in [5, 5.41) is 4.64. The van der Waals surface area contributed by atoms with Crippen molar-refractivity contribution < 1.29 is 8.42 Å². The second-order valence-corrected chi connectivity index (χ2v) is 11.7. The van der Waals surface area contributed by atoms with Gasteiger partial charge >= 0.3 is 0 Å². The van der Waals surface area contributed by atoms with Gasteiger partial charge in [-0.05, 0) is 59.7 Å². The Labute approximate surface area is 165 Å². The number of sulfone groups is 1. The van der Waals surface area contributed by atoms with Gasteiger partial charge in [-0.2, -0.15) is 5.10 Å². The summed E-state index contributed by atoms with van der Waals surface area (Å²) in [6.45, 7) is 1.43. The average Bonchev–Trinajstić information content (AvgIpc) is 3.15. The van der Waals surface area contributed by atoms with Crippen molar-refractivity contribution in [1.29, 1.82) is 0 Å². The van der Waals surface area contributed by atoms with E-state index in [2.05, 4.69) is 32.0 Å². The van der Waals surface area contributed by atoms with Gasteiger partial charge in [0, 0.05) is 24.9 Å². The Balaban J connectivity index is 1.67. The number of aromatic nitrogens is 3. The van der Waals surface area contributed by atoms with E-state index >= 15 is 0 Å². The van der Waals surface area contributed by atoms with Crippen molar-refractivity contribution in [3.63, 3.8) is 0 Å². The van der Waals surface area contributed by atoms with Crippen LogP contribution in [-0.4, -0.2) is 46.2 Å². The highest BCUT2D eigenvalue weighted by molar-refractivity contribution is 9.11. The van der Waals surface area contributed by atoms with Crippen molar-refractivity contribution in [1.82, 2.24) is 19.2 Å². The molecule has 0 radical (unpaired) electrons. The zero-order valence-electron chi connectivity index (χ0n) is 14.2. The Morgan fingerprint density at radius 1 is 1.48 bits per heavy atom. The number of halogens is 1. The smallest absolute Gasteiger partial charge is 0.198 e. The topological polar surface area (TPSA) is 60.1 Å². The third kappa shape index (κ3) is 4.79. The molecule has 10 heteroatoms. The molecule has 2 aromatic rings. The quantitative estimate of drug-likeness (QED) is 0.615. The maximum absolute atomic E-state index is 11.6. The van der Waals surface area contributed by atoms with Crippen LogP contribution in [0.3, 0.4) is 0 Å². The molecule has 0 N–H and O–H groups in total. The lowest BCUT2D eigenvalue weighted by atomic mass is 10.1. The highest BCUT2D eigenvalue weighted by Gasteiger charge is 2.29. The Morgan fingerprint density at radius 3 is 2.84 bits per heavy atom. The number of rotatable bonds is 6. The van der Waals surface area contributed by atoms with E-state index in [0.717, 1.165) is 22.6 Å². The molecule has 1 aliphatic rings. The first-order valence-corrected chi connectivity index (χ1v) is 11.8. The van der Waals surface area contributed by atoms with Gasteiger partial charge in [0.1, 0.15) is 5.82 Å². The molecule has 3 rings (SSSR count). The van der Waals surface area contributed by atoms with Crippen molar-refractivity contribution in [3.8, 4) is 0 Å². The lowest BCUT2D eigenvalue weighted by Crippen LogP contribution is -2.22. The molecule has 0 bridgehead atoms. The Morgan fingerprint density at radius 2 is 2.24 bits per heavy atom. The SMILES string of the molecule is CN(Cc1ccc(Br)s1)Cn1nc(CC2CCS(=O)(=O)C2)n(C)c1=S. The lowest BCUT2D eigenvalue weighted by Gasteiger charge is -2.15. The van der Waals surface area contributed by atoms with E-state index < -0.39 is 9.84 Å². The molecule has 0 aliphatic carbocycles. The van der Waals surface area contributed by atoms with E-state index in [1.54, 1.807) is 11.3 Å². The summed E-state index contributed by atoms with van der Waals surface area (Å²) in [6.07, 6.45) is 1.38. The summed E-state index contributed by atoms with van der Waals surface area (Å²) >= 11 is 10.7. The molecule has 138 valence electrons. The molecule has 1 atom stereocenters. The summed E-state index contributed by atoms with van der Waals surface area (Å²) in [5.41, 5.74) is 0. The van der Waals surface area contributed by atoms with Gasteiger partial charge in [0.05, 0.1) is 22.0 Å². The molecule has 0 saturated carbocycles. The number of thiophene rings is 1. The van der Waals surface area contributed by atoms with Gasteiger partial charge in [-0.25, -0.2) is 13.1 Å². The van der Waals surface area contributed by atoms with Crippen molar-refractivity contribution in [2.75, 3.05) is 18.6 Å². The van der Waals surface area contributed by atoms with E-state index in [9.17, 15) is 8.42 Å². The van der Waals surface area contributed by atoms with Crippen LogP contribution in [0.4, 0.5) is 0 Å². The minimum Gasteiger partial charge on any atom is -0.307 e. The fraction of sp³-hybridized carbons (Fsp3) is 0.600. The number of hydrogen-bond acceptors (Lipinski definition) is 6. The van der Waals surface area contributed by atoms with E-state index in [0.29, 0.717) is 23.6 Å². The number of hydrogen-bond donors (Lipinski definition) is 0. The standard InChI is InChI=1S/C15H21BrN4O2S3/c1-18(8-12-3-4-13(16)24-12)10-20-15(23)19(2)14(17-20)7-11-5-6-25(21,22)9-11/h3-4,11H,5-10H2,1-2H3. The molecule has 2 aromatic heterocycles. The summed E-state index contributed by atoms with van der Waals surface area (Å²) in [7, 11) is 1.07. The fourth-order valence-corrected chi connectivity index (χ4v) is 6.70. The summed E-state index contributed by atoms with van der Waals surface area (Å²) in [4.78, 5) is 3.43. The van der Waals surface area contributed by atoms with Crippen LogP contribution in [0.1, 0.15) is 17.1 Å². The third-order valence-corrected chi connectivity index (χ3v) is 8.29. The van der Waals surface area contributed by atoms with Gasteiger partial charge in [-0.1, -0.05) is 0 Å². The Kier molecular flexibility index (Phi) is 5.84. The maximum Gasteiger partial charge on any atom is 0.198 e. The maximum atomic E-state index is 11.6. The minimum atomic E-state index is -2.86. The van der Waals surface area contributed by atoms with Crippen LogP contribution in [0.2, 0.25) is 0 Å². The molecule has 1 fully saturated rings. The highest BCUT2D eigenvalue weighted by Crippen LogP contribution is 2.24. The zero-order chi connectivity index (χ0) is 18.2. The fourth-order valence-electron chi connectivity index (χ4n) is 3.08. The largest absolute Gasteiger partial charge is 0.307 e. The third-order valence-electron chi connectivity index (χ3n) is 4.36. The van der Waals surface area contributed by atoms with Gasteiger partial charge < -0.3 is 4.57 Å². The molecular formula is C15H21BrN4O2S3. The molecule has 6 nitrogen and oxygen atoms in total. The van der Waals surface area contributed by atoms with Crippen molar-refractivity contribution in [2.45, 2.75) is 26.1 Å². The summed E-state index contributed by atoms with van der Waals surface area (Å²) in [6, 6.07) is 4.16. The monoisotopic (exact) mass is 464 g/mol. The first-order chi connectivity index (χ1) is 11.7. The molecule has 1 aliphatic heterocycles. The van der Waals surface area contributed by atoms with Crippen LogP contribution in [0, 0.1) is 10.7 Å².